The van der Waals surface area contributed by atoms with Crippen molar-refractivity contribution >= 4 is 11.9 Å². The summed E-state index contributed by atoms with van der Waals surface area (Å²) in [5.41, 5.74) is 1.11. The fraction of sp³-hybridized carbons (Fsp3) is 0.529. The molecule has 1 aliphatic rings. The van der Waals surface area contributed by atoms with Crippen LogP contribution in [0, 0.1) is 0 Å². The molecule has 3 N–H and O–H groups in total. The fourth-order valence-corrected chi connectivity index (χ4v) is 2.80. The summed E-state index contributed by atoms with van der Waals surface area (Å²) in [5, 5.41) is 8.47. The van der Waals surface area contributed by atoms with Crippen molar-refractivity contribution < 1.29 is 9.59 Å². The summed E-state index contributed by atoms with van der Waals surface area (Å²) in [6.07, 6.45) is 4.29. The molecule has 0 bridgehead atoms. The summed E-state index contributed by atoms with van der Waals surface area (Å²) < 4.78 is 0. The maximum Gasteiger partial charge on any atom is 0.321 e. The Balaban J connectivity index is 1.77. The van der Waals surface area contributed by atoms with Crippen molar-refractivity contribution in [3.63, 3.8) is 0 Å². The smallest absolute Gasteiger partial charge is 0.321 e. The fourth-order valence-electron chi connectivity index (χ4n) is 2.80. The van der Waals surface area contributed by atoms with E-state index < -0.39 is 12.1 Å². The molecule has 0 unspecified atom stereocenters. The first-order valence-electron chi connectivity index (χ1n) is 7.98. The standard InChI is InChI=1S/C17H25N3O2/c1-12(14-8-4-3-5-9-14)18-13(2)16(21)20-17(22)19-15-10-6-7-11-15/h3-5,8-9,12-13,15,18H,6-7,10-11H2,1-2H3,(H2,19,20,21,22)/t12-,13-/m1/s1. The first-order chi connectivity index (χ1) is 10.6. The molecular formula is C17H25N3O2. The van der Waals surface area contributed by atoms with Gasteiger partial charge in [0.25, 0.3) is 0 Å². The average molecular weight is 303 g/mol. The highest BCUT2D eigenvalue weighted by Gasteiger charge is 2.21. The molecule has 0 aromatic heterocycles. The van der Waals surface area contributed by atoms with Crippen molar-refractivity contribution in [2.45, 2.75) is 57.7 Å². The van der Waals surface area contributed by atoms with Gasteiger partial charge < -0.3 is 5.32 Å². The SMILES string of the molecule is C[C@@H](N[C@H](C)c1ccccc1)C(=O)NC(=O)NC1CCCC1. The molecule has 0 saturated heterocycles. The Morgan fingerprint density at radius 2 is 1.73 bits per heavy atom. The minimum absolute atomic E-state index is 0.0415. The van der Waals surface area contributed by atoms with Crippen LogP contribution in [0.15, 0.2) is 30.3 Å². The van der Waals surface area contributed by atoms with Gasteiger partial charge in [0, 0.05) is 12.1 Å². The molecule has 1 saturated carbocycles. The monoisotopic (exact) mass is 303 g/mol. The van der Waals surface area contributed by atoms with E-state index in [9.17, 15) is 9.59 Å². The highest BCUT2D eigenvalue weighted by molar-refractivity contribution is 5.96. The lowest BCUT2D eigenvalue weighted by molar-refractivity contribution is -0.121. The van der Waals surface area contributed by atoms with Gasteiger partial charge in [0.05, 0.1) is 6.04 Å². The summed E-state index contributed by atoms with van der Waals surface area (Å²) in [6.45, 7) is 3.76. The van der Waals surface area contributed by atoms with Crippen LogP contribution in [0.4, 0.5) is 4.79 Å². The average Bonchev–Trinajstić information content (AvgIpc) is 3.00. The lowest BCUT2D eigenvalue weighted by Gasteiger charge is -2.20. The van der Waals surface area contributed by atoms with Gasteiger partial charge in [-0.05, 0) is 32.3 Å². The highest BCUT2D eigenvalue weighted by atomic mass is 16.2. The predicted octanol–water partition coefficient (Wildman–Crippen LogP) is 2.49. The van der Waals surface area contributed by atoms with Crippen molar-refractivity contribution in [3.8, 4) is 0 Å². The molecule has 120 valence electrons. The van der Waals surface area contributed by atoms with Crippen molar-refractivity contribution in [1.82, 2.24) is 16.0 Å². The van der Waals surface area contributed by atoms with Crippen LogP contribution in [-0.4, -0.2) is 24.0 Å². The zero-order chi connectivity index (χ0) is 15.9. The third-order valence-corrected chi connectivity index (χ3v) is 4.12. The van der Waals surface area contributed by atoms with Crippen LogP contribution in [0.25, 0.3) is 0 Å². The number of nitrogens with one attached hydrogen (secondary N) is 3. The Bertz CT molecular complexity index is 498. The van der Waals surface area contributed by atoms with Crippen LogP contribution in [0.5, 0.6) is 0 Å². The number of amides is 3. The molecule has 1 aromatic carbocycles. The maximum absolute atomic E-state index is 12.1. The Hall–Kier alpha value is -1.88. The lowest BCUT2D eigenvalue weighted by Crippen LogP contribution is -2.50. The summed E-state index contributed by atoms with van der Waals surface area (Å²) in [7, 11) is 0. The second-order valence-electron chi connectivity index (χ2n) is 5.96. The molecule has 2 atom stereocenters. The van der Waals surface area contributed by atoms with Crippen LogP contribution >= 0.6 is 0 Å². The number of urea groups is 1. The van der Waals surface area contributed by atoms with Crippen LogP contribution in [0.2, 0.25) is 0 Å². The maximum atomic E-state index is 12.1. The van der Waals surface area contributed by atoms with E-state index in [0.717, 1.165) is 31.2 Å². The Labute approximate surface area is 131 Å². The summed E-state index contributed by atoms with van der Waals surface area (Å²) in [4.78, 5) is 23.9. The van der Waals surface area contributed by atoms with Gasteiger partial charge in [-0.1, -0.05) is 43.2 Å². The van der Waals surface area contributed by atoms with Crippen LogP contribution < -0.4 is 16.0 Å². The van der Waals surface area contributed by atoms with E-state index in [2.05, 4.69) is 16.0 Å². The second-order valence-corrected chi connectivity index (χ2v) is 5.96. The zero-order valence-corrected chi connectivity index (χ0v) is 13.3. The second kappa shape index (κ2) is 7.94. The van der Waals surface area contributed by atoms with Gasteiger partial charge in [0.1, 0.15) is 0 Å². The Kier molecular flexibility index (Phi) is 5.95. The van der Waals surface area contributed by atoms with E-state index in [1.165, 1.54) is 0 Å². The molecule has 5 nitrogen and oxygen atoms in total. The molecule has 0 aliphatic heterocycles. The number of carbonyl (C=O) groups is 2. The van der Waals surface area contributed by atoms with Crippen molar-refractivity contribution in [2.24, 2.45) is 0 Å². The first-order valence-corrected chi connectivity index (χ1v) is 7.98. The van der Waals surface area contributed by atoms with Crippen molar-refractivity contribution in [1.29, 1.82) is 0 Å². The Morgan fingerprint density at radius 3 is 2.36 bits per heavy atom. The lowest BCUT2D eigenvalue weighted by atomic mass is 10.1. The molecule has 0 spiro atoms. The molecule has 3 amide bonds. The van der Waals surface area contributed by atoms with E-state index in [-0.39, 0.29) is 18.0 Å². The number of rotatable bonds is 5. The first kappa shape index (κ1) is 16.5. The zero-order valence-electron chi connectivity index (χ0n) is 13.3. The molecule has 1 aromatic rings. The van der Waals surface area contributed by atoms with Crippen LogP contribution in [-0.2, 0) is 4.79 Å². The minimum atomic E-state index is -0.440. The van der Waals surface area contributed by atoms with Gasteiger partial charge in [-0.25, -0.2) is 4.79 Å². The number of hydrogen-bond acceptors (Lipinski definition) is 3. The van der Waals surface area contributed by atoms with E-state index in [0.29, 0.717) is 0 Å². The molecular weight excluding hydrogens is 278 g/mol. The van der Waals surface area contributed by atoms with Gasteiger partial charge >= 0.3 is 6.03 Å². The molecule has 1 fully saturated rings. The van der Waals surface area contributed by atoms with Gasteiger partial charge in [-0.15, -0.1) is 0 Å². The molecule has 22 heavy (non-hydrogen) atoms. The predicted molar refractivity (Wildman–Crippen MR) is 86.4 cm³/mol. The van der Waals surface area contributed by atoms with E-state index in [1.54, 1.807) is 6.92 Å². The third kappa shape index (κ3) is 4.84. The van der Waals surface area contributed by atoms with Gasteiger partial charge in [-0.2, -0.15) is 0 Å². The van der Waals surface area contributed by atoms with Gasteiger partial charge in [0.15, 0.2) is 0 Å². The van der Waals surface area contributed by atoms with E-state index in [4.69, 9.17) is 0 Å². The summed E-state index contributed by atoms with van der Waals surface area (Å²) >= 11 is 0. The molecule has 1 aliphatic carbocycles. The minimum Gasteiger partial charge on any atom is -0.335 e. The summed E-state index contributed by atoms with van der Waals surface area (Å²) in [5.74, 6) is -0.307. The number of carbonyl (C=O) groups excluding carboxylic acids is 2. The number of imide groups is 1. The van der Waals surface area contributed by atoms with Gasteiger partial charge in [-0.3, -0.25) is 15.4 Å². The Morgan fingerprint density at radius 1 is 1.09 bits per heavy atom. The molecule has 5 heteroatoms. The largest absolute Gasteiger partial charge is 0.335 e. The molecule has 2 rings (SSSR count). The quantitative estimate of drug-likeness (QED) is 0.782. The molecule has 0 heterocycles. The van der Waals surface area contributed by atoms with E-state index >= 15 is 0 Å². The summed E-state index contributed by atoms with van der Waals surface area (Å²) in [6, 6.07) is 9.33. The highest BCUT2D eigenvalue weighted by Crippen LogP contribution is 2.17. The third-order valence-electron chi connectivity index (χ3n) is 4.12. The molecule has 0 radical (unpaired) electrons. The topological polar surface area (TPSA) is 70.2 Å². The number of hydrogen-bond donors (Lipinski definition) is 3. The number of benzene rings is 1. The normalized spacial score (nSPS) is 17.7. The van der Waals surface area contributed by atoms with E-state index in [1.807, 2.05) is 37.3 Å². The van der Waals surface area contributed by atoms with Crippen LogP contribution in [0.3, 0.4) is 0 Å². The van der Waals surface area contributed by atoms with Gasteiger partial charge in [0.2, 0.25) is 5.91 Å². The van der Waals surface area contributed by atoms with Crippen molar-refractivity contribution in [3.05, 3.63) is 35.9 Å². The van der Waals surface area contributed by atoms with Crippen LogP contribution in [0.1, 0.15) is 51.1 Å². The van der Waals surface area contributed by atoms with Crippen molar-refractivity contribution in [2.75, 3.05) is 0 Å².